The van der Waals surface area contributed by atoms with Crippen LogP contribution in [-0.4, -0.2) is 4.98 Å². The first kappa shape index (κ1) is 11.6. The fourth-order valence-corrected chi connectivity index (χ4v) is 2.67. The number of hydrogen-bond acceptors (Lipinski definition) is 0. The van der Waals surface area contributed by atoms with Crippen molar-refractivity contribution in [3.05, 3.63) is 58.1 Å². The van der Waals surface area contributed by atoms with Crippen LogP contribution in [-0.2, 0) is 0 Å². The number of fused-ring (bicyclic) bond motifs is 1. The second-order valence-electron chi connectivity index (χ2n) is 4.35. The lowest BCUT2D eigenvalue weighted by Crippen LogP contribution is -1.80. The highest BCUT2D eigenvalue weighted by molar-refractivity contribution is 6.36. The van der Waals surface area contributed by atoms with E-state index in [-0.39, 0.29) is 0 Å². The van der Waals surface area contributed by atoms with E-state index >= 15 is 0 Å². The Kier molecular flexibility index (Phi) is 2.81. The zero-order valence-corrected chi connectivity index (χ0v) is 11.3. The van der Waals surface area contributed by atoms with Gasteiger partial charge in [0.25, 0.3) is 0 Å². The second kappa shape index (κ2) is 4.34. The molecule has 3 heteroatoms. The summed E-state index contributed by atoms with van der Waals surface area (Å²) in [4.78, 5) is 3.41. The zero-order valence-electron chi connectivity index (χ0n) is 9.80. The van der Waals surface area contributed by atoms with Gasteiger partial charge in [0.15, 0.2) is 0 Å². The molecule has 0 fully saturated rings. The fourth-order valence-electron chi connectivity index (χ4n) is 2.16. The molecular weight excluding hydrogens is 265 g/mol. The van der Waals surface area contributed by atoms with Crippen molar-refractivity contribution in [2.45, 2.75) is 6.92 Å². The molecule has 0 unspecified atom stereocenters. The maximum absolute atomic E-state index is 6.23. The van der Waals surface area contributed by atoms with E-state index in [4.69, 9.17) is 23.2 Å². The van der Waals surface area contributed by atoms with Crippen molar-refractivity contribution in [1.82, 2.24) is 4.98 Å². The molecule has 0 aliphatic heterocycles. The molecule has 1 aromatic heterocycles. The minimum atomic E-state index is 0.649. The Morgan fingerprint density at radius 3 is 2.56 bits per heavy atom. The quantitative estimate of drug-likeness (QED) is 0.608. The van der Waals surface area contributed by atoms with Crippen molar-refractivity contribution >= 4 is 34.1 Å². The maximum atomic E-state index is 6.23. The van der Waals surface area contributed by atoms with Gasteiger partial charge < -0.3 is 4.98 Å². The Labute approximate surface area is 115 Å². The third-order valence-corrected chi connectivity index (χ3v) is 3.63. The highest BCUT2D eigenvalue weighted by atomic mass is 35.5. The predicted octanol–water partition coefficient (Wildman–Crippen LogP) is 5.45. The highest BCUT2D eigenvalue weighted by Crippen LogP contribution is 2.32. The molecule has 0 aliphatic rings. The molecule has 18 heavy (non-hydrogen) atoms. The molecule has 1 heterocycles. The molecule has 0 bridgehead atoms. The second-order valence-corrected chi connectivity index (χ2v) is 5.19. The van der Waals surface area contributed by atoms with Crippen molar-refractivity contribution in [3.63, 3.8) is 0 Å². The summed E-state index contributed by atoms with van der Waals surface area (Å²) in [5.41, 5.74) is 4.36. The Bertz CT molecular complexity index is 728. The summed E-state index contributed by atoms with van der Waals surface area (Å²) >= 11 is 12.1. The molecule has 0 saturated carbocycles. The molecule has 0 saturated heterocycles. The first-order valence-corrected chi connectivity index (χ1v) is 6.44. The summed E-state index contributed by atoms with van der Waals surface area (Å²) in [6.45, 7) is 2.09. The van der Waals surface area contributed by atoms with E-state index in [1.54, 1.807) is 6.07 Å². The van der Waals surface area contributed by atoms with Crippen LogP contribution >= 0.6 is 23.2 Å². The third kappa shape index (κ3) is 1.90. The first-order chi connectivity index (χ1) is 8.65. The van der Waals surface area contributed by atoms with Gasteiger partial charge in [-0.05, 0) is 36.8 Å². The number of rotatable bonds is 1. The Morgan fingerprint density at radius 2 is 1.83 bits per heavy atom. The van der Waals surface area contributed by atoms with Gasteiger partial charge in [-0.3, -0.25) is 0 Å². The van der Waals surface area contributed by atoms with Crippen LogP contribution < -0.4 is 0 Å². The van der Waals surface area contributed by atoms with Crippen LogP contribution in [0.1, 0.15) is 5.56 Å². The smallest absolute Gasteiger partial charge is 0.0514 e. The van der Waals surface area contributed by atoms with Crippen molar-refractivity contribution in [3.8, 4) is 11.3 Å². The SMILES string of the molecule is Cc1cccc2cc(-c3ccc(Cl)cc3Cl)[nH]c12. The molecule has 3 aromatic rings. The monoisotopic (exact) mass is 275 g/mol. The number of aromatic nitrogens is 1. The third-order valence-electron chi connectivity index (χ3n) is 3.09. The van der Waals surface area contributed by atoms with Gasteiger partial charge in [-0.15, -0.1) is 0 Å². The normalized spacial score (nSPS) is 11.1. The Hall–Kier alpha value is -1.44. The zero-order chi connectivity index (χ0) is 12.7. The Balaban J connectivity index is 2.23. The molecule has 0 aliphatic carbocycles. The van der Waals surface area contributed by atoms with Crippen molar-refractivity contribution in [2.24, 2.45) is 0 Å². The molecule has 90 valence electrons. The lowest BCUT2D eigenvalue weighted by atomic mass is 10.1. The molecular formula is C15H11Cl2N. The number of para-hydroxylation sites is 1. The van der Waals surface area contributed by atoms with Crippen LogP contribution in [0, 0.1) is 6.92 Å². The van der Waals surface area contributed by atoms with Crippen LogP contribution in [0.4, 0.5) is 0 Å². The lowest BCUT2D eigenvalue weighted by Gasteiger charge is -2.01. The molecule has 1 nitrogen and oxygen atoms in total. The minimum absolute atomic E-state index is 0.649. The van der Waals surface area contributed by atoms with Crippen molar-refractivity contribution in [1.29, 1.82) is 0 Å². The van der Waals surface area contributed by atoms with Gasteiger partial charge in [0.2, 0.25) is 0 Å². The van der Waals surface area contributed by atoms with Gasteiger partial charge >= 0.3 is 0 Å². The number of aromatic amines is 1. The summed E-state index contributed by atoms with van der Waals surface area (Å²) in [6, 6.07) is 13.9. The summed E-state index contributed by atoms with van der Waals surface area (Å²) < 4.78 is 0. The molecule has 1 N–H and O–H groups in total. The number of H-pyrrole nitrogens is 1. The van der Waals surface area contributed by atoms with E-state index in [9.17, 15) is 0 Å². The predicted molar refractivity (Wildman–Crippen MR) is 78.5 cm³/mol. The summed E-state index contributed by atoms with van der Waals surface area (Å²) in [5.74, 6) is 0. The largest absolute Gasteiger partial charge is 0.354 e. The number of benzene rings is 2. The number of halogens is 2. The topological polar surface area (TPSA) is 15.8 Å². The number of nitrogens with one attached hydrogen (secondary N) is 1. The molecule has 2 aromatic carbocycles. The fraction of sp³-hybridized carbons (Fsp3) is 0.0667. The van der Waals surface area contributed by atoms with Crippen LogP contribution in [0.3, 0.4) is 0 Å². The van der Waals surface area contributed by atoms with Gasteiger partial charge in [0.1, 0.15) is 0 Å². The van der Waals surface area contributed by atoms with E-state index in [2.05, 4.69) is 36.2 Å². The van der Waals surface area contributed by atoms with E-state index < -0.39 is 0 Å². The van der Waals surface area contributed by atoms with E-state index in [1.807, 2.05) is 12.1 Å². The summed E-state index contributed by atoms with van der Waals surface area (Å²) in [7, 11) is 0. The van der Waals surface area contributed by atoms with Gasteiger partial charge in [-0.25, -0.2) is 0 Å². The summed E-state index contributed by atoms with van der Waals surface area (Å²) in [6.07, 6.45) is 0. The van der Waals surface area contributed by atoms with Gasteiger partial charge in [-0.1, -0.05) is 41.4 Å². The van der Waals surface area contributed by atoms with Gasteiger partial charge in [-0.2, -0.15) is 0 Å². The van der Waals surface area contributed by atoms with E-state index in [0.29, 0.717) is 10.0 Å². The average Bonchev–Trinajstić information content (AvgIpc) is 2.74. The number of aryl methyl sites for hydroxylation is 1. The van der Waals surface area contributed by atoms with Crippen LogP contribution in [0.5, 0.6) is 0 Å². The van der Waals surface area contributed by atoms with Gasteiger partial charge in [0.05, 0.1) is 5.02 Å². The van der Waals surface area contributed by atoms with Crippen LogP contribution in [0.15, 0.2) is 42.5 Å². The molecule has 3 rings (SSSR count). The molecule has 0 atom stereocenters. The lowest BCUT2D eigenvalue weighted by molar-refractivity contribution is 1.41. The highest BCUT2D eigenvalue weighted by Gasteiger charge is 2.08. The maximum Gasteiger partial charge on any atom is 0.0514 e. The molecule has 0 amide bonds. The van der Waals surface area contributed by atoms with E-state index in [0.717, 1.165) is 16.8 Å². The van der Waals surface area contributed by atoms with Crippen molar-refractivity contribution < 1.29 is 0 Å². The number of hydrogen-bond donors (Lipinski definition) is 1. The molecule has 0 radical (unpaired) electrons. The Morgan fingerprint density at radius 1 is 1.00 bits per heavy atom. The molecule has 0 spiro atoms. The average molecular weight is 276 g/mol. The van der Waals surface area contributed by atoms with Gasteiger partial charge in [0, 0.05) is 27.2 Å². The van der Waals surface area contributed by atoms with Crippen molar-refractivity contribution in [2.75, 3.05) is 0 Å². The van der Waals surface area contributed by atoms with Crippen LogP contribution in [0.2, 0.25) is 10.0 Å². The van der Waals surface area contributed by atoms with Crippen LogP contribution in [0.25, 0.3) is 22.2 Å². The van der Waals surface area contributed by atoms with E-state index in [1.165, 1.54) is 10.9 Å². The standard InChI is InChI=1S/C15H11Cl2N/c1-9-3-2-4-10-7-14(18-15(9)10)12-6-5-11(16)8-13(12)17/h2-8,18H,1H3. The summed E-state index contributed by atoms with van der Waals surface area (Å²) in [5, 5.41) is 2.50. The first-order valence-electron chi connectivity index (χ1n) is 5.69. The minimum Gasteiger partial charge on any atom is -0.354 e.